The van der Waals surface area contributed by atoms with Gasteiger partial charge in [-0.3, -0.25) is 4.79 Å². The lowest BCUT2D eigenvalue weighted by atomic mass is 10.3. The van der Waals surface area contributed by atoms with Crippen molar-refractivity contribution in [2.24, 2.45) is 0 Å². The minimum atomic E-state index is -0.475. The van der Waals surface area contributed by atoms with E-state index in [1.54, 1.807) is 6.07 Å². The number of halogens is 2. The second-order valence-electron chi connectivity index (χ2n) is 2.91. The summed E-state index contributed by atoms with van der Waals surface area (Å²) in [5, 5.41) is 2.57. The SMILES string of the molecule is O=C1CCOc2c(F)cc(Br)cc2N1. The first-order chi connectivity index (χ1) is 6.66. The molecule has 0 radical (unpaired) electrons. The maximum Gasteiger partial charge on any atom is 0.227 e. The number of carbonyl (C=O) groups excluding carboxylic acids is 1. The van der Waals surface area contributed by atoms with Crippen LogP contribution in [-0.2, 0) is 4.79 Å². The monoisotopic (exact) mass is 259 g/mol. The van der Waals surface area contributed by atoms with Gasteiger partial charge in [0.25, 0.3) is 0 Å². The van der Waals surface area contributed by atoms with Crippen LogP contribution in [-0.4, -0.2) is 12.5 Å². The van der Waals surface area contributed by atoms with Crippen molar-refractivity contribution in [1.82, 2.24) is 0 Å². The van der Waals surface area contributed by atoms with Crippen molar-refractivity contribution in [2.45, 2.75) is 6.42 Å². The molecule has 1 aliphatic heterocycles. The summed E-state index contributed by atoms with van der Waals surface area (Å²) in [5.74, 6) is -0.531. The summed E-state index contributed by atoms with van der Waals surface area (Å²) >= 11 is 3.14. The number of fused-ring (bicyclic) bond motifs is 1. The van der Waals surface area contributed by atoms with E-state index >= 15 is 0 Å². The van der Waals surface area contributed by atoms with Crippen molar-refractivity contribution in [1.29, 1.82) is 0 Å². The van der Waals surface area contributed by atoms with Crippen LogP contribution in [0.1, 0.15) is 6.42 Å². The van der Waals surface area contributed by atoms with Crippen LogP contribution >= 0.6 is 15.9 Å². The molecular weight excluding hydrogens is 253 g/mol. The average molecular weight is 260 g/mol. The molecule has 1 aromatic rings. The molecule has 0 bridgehead atoms. The Balaban J connectivity index is 2.50. The number of anilines is 1. The van der Waals surface area contributed by atoms with Crippen LogP contribution in [0.3, 0.4) is 0 Å². The second kappa shape index (κ2) is 3.57. The summed E-state index contributed by atoms with van der Waals surface area (Å²) in [7, 11) is 0. The van der Waals surface area contributed by atoms with Crippen molar-refractivity contribution >= 4 is 27.5 Å². The van der Waals surface area contributed by atoms with Gasteiger partial charge in [-0.1, -0.05) is 15.9 Å². The number of hydrogen-bond acceptors (Lipinski definition) is 2. The third kappa shape index (κ3) is 1.72. The van der Waals surface area contributed by atoms with Crippen LogP contribution in [0, 0.1) is 5.82 Å². The number of amides is 1. The predicted octanol–water partition coefficient (Wildman–Crippen LogP) is 2.31. The minimum absolute atomic E-state index is 0.110. The highest BCUT2D eigenvalue weighted by Gasteiger charge is 2.17. The zero-order valence-electron chi connectivity index (χ0n) is 7.14. The van der Waals surface area contributed by atoms with Crippen molar-refractivity contribution in [3.05, 3.63) is 22.4 Å². The lowest BCUT2D eigenvalue weighted by Gasteiger charge is -2.08. The van der Waals surface area contributed by atoms with Gasteiger partial charge in [0.2, 0.25) is 5.91 Å². The summed E-state index contributed by atoms with van der Waals surface area (Å²) in [4.78, 5) is 11.1. The van der Waals surface area contributed by atoms with Gasteiger partial charge in [-0.2, -0.15) is 0 Å². The molecule has 5 heteroatoms. The molecule has 0 aliphatic carbocycles. The van der Waals surface area contributed by atoms with Gasteiger partial charge >= 0.3 is 0 Å². The zero-order valence-corrected chi connectivity index (χ0v) is 8.73. The van der Waals surface area contributed by atoms with Gasteiger partial charge in [0, 0.05) is 4.47 Å². The quantitative estimate of drug-likeness (QED) is 0.777. The molecule has 1 amide bonds. The molecule has 0 saturated carbocycles. The van der Waals surface area contributed by atoms with Gasteiger partial charge in [0.1, 0.15) is 0 Å². The number of benzene rings is 1. The van der Waals surface area contributed by atoms with E-state index in [9.17, 15) is 9.18 Å². The molecule has 1 aromatic carbocycles. The van der Waals surface area contributed by atoms with Crippen LogP contribution in [0.2, 0.25) is 0 Å². The lowest BCUT2D eigenvalue weighted by Crippen LogP contribution is -2.10. The number of nitrogens with one attached hydrogen (secondary N) is 1. The van der Waals surface area contributed by atoms with Crippen LogP contribution < -0.4 is 10.1 Å². The molecule has 1 heterocycles. The minimum Gasteiger partial charge on any atom is -0.488 e. The van der Waals surface area contributed by atoms with Crippen LogP contribution in [0.15, 0.2) is 16.6 Å². The Morgan fingerprint density at radius 2 is 2.29 bits per heavy atom. The Morgan fingerprint density at radius 1 is 1.50 bits per heavy atom. The van der Waals surface area contributed by atoms with Crippen molar-refractivity contribution in [2.75, 3.05) is 11.9 Å². The summed E-state index contributed by atoms with van der Waals surface area (Å²) in [5.41, 5.74) is 0.374. The Morgan fingerprint density at radius 3 is 3.07 bits per heavy atom. The summed E-state index contributed by atoms with van der Waals surface area (Å²) < 4.78 is 19.0. The fourth-order valence-corrected chi connectivity index (χ4v) is 1.69. The maximum absolute atomic E-state index is 13.3. The van der Waals surface area contributed by atoms with Gasteiger partial charge in [-0.05, 0) is 12.1 Å². The molecule has 0 spiro atoms. The van der Waals surface area contributed by atoms with Crippen LogP contribution in [0.4, 0.5) is 10.1 Å². The lowest BCUT2D eigenvalue weighted by molar-refractivity contribution is -0.116. The van der Waals surface area contributed by atoms with E-state index in [2.05, 4.69) is 21.2 Å². The number of ether oxygens (including phenoxy) is 1. The van der Waals surface area contributed by atoms with E-state index in [0.29, 0.717) is 10.2 Å². The van der Waals surface area contributed by atoms with Crippen LogP contribution in [0.25, 0.3) is 0 Å². The fourth-order valence-electron chi connectivity index (χ4n) is 1.26. The first-order valence-corrected chi connectivity index (χ1v) is 4.88. The Hall–Kier alpha value is -1.10. The van der Waals surface area contributed by atoms with Crippen molar-refractivity contribution in [3.8, 4) is 5.75 Å². The molecule has 74 valence electrons. The molecule has 0 fully saturated rings. The van der Waals surface area contributed by atoms with E-state index < -0.39 is 5.82 Å². The highest BCUT2D eigenvalue weighted by molar-refractivity contribution is 9.10. The molecule has 0 aromatic heterocycles. The number of hydrogen-bond donors (Lipinski definition) is 1. The fraction of sp³-hybridized carbons (Fsp3) is 0.222. The molecule has 0 saturated heterocycles. The molecule has 14 heavy (non-hydrogen) atoms. The van der Waals surface area contributed by atoms with E-state index in [0.717, 1.165) is 0 Å². The molecule has 1 N–H and O–H groups in total. The van der Waals surface area contributed by atoms with E-state index in [1.807, 2.05) is 0 Å². The number of carbonyl (C=O) groups is 1. The van der Waals surface area contributed by atoms with Crippen LogP contribution in [0.5, 0.6) is 5.75 Å². The first-order valence-electron chi connectivity index (χ1n) is 4.08. The molecule has 0 atom stereocenters. The highest BCUT2D eigenvalue weighted by Crippen LogP contribution is 2.33. The Bertz CT molecular complexity index is 395. The van der Waals surface area contributed by atoms with Gasteiger partial charge < -0.3 is 10.1 Å². The molecule has 3 nitrogen and oxygen atoms in total. The standard InChI is InChI=1S/C9H7BrFNO2/c10-5-3-6(11)9-7(4-5)12-8(13)1-2-14-9/h3-4H,1-2H2,(H,12,13). The largest absolute Gasteiger partial charge is 0.488 e. The third-order valence-electron chi connectivity index (χ3n) is 1.86. The topological polar surface area (TPSA) is 38.3 Å². The number of rotatable bonds is 0. The molecule has 2 rings (SSSR count). The van der Waals surface area contributed by atoms with Gasteiger partial charge in [-0.15, -0.1) is 0 Å². The average Bonchev–Trinajstić information content (AvgIpc) is 2.25. The zero-order chi connectivity index (χ0) is 10.1. The highest BCUT2D eigenvalue weighted by atomic mass is 79.9. The Labute approximate surface area is 88.4 Å². The molecule has 1 aliphatic rings. The summed E-state index contributed by atoms with van der Waals surface area (Å²) in [6.07, 6.45) is 0.242. The normalized spacial score (nSPS) is 15.1. The summed E-state index contributed by atoms with van der Waals surface area (Å²) in [6, 6.07) is 2.91. The summed E-state index contributed by atoms with van der Waals surface area (Å²) in [6.45, 7) is 0.206. The first kappa shape index (κ1) is 9.45. The van der Waals surface area contributed by atoms with Gasteiger partial charge in [0.15, 0.2) is 11.6 Å². The second-order valence-corrected chi connectivity index (χ2v) is 3.83. The van der Waals surface area contributed by atoms with E-state index in [4.69, 9.17) is 4.74 Å². The maximum atomic E-state index is 13.3. The van der Waals surface area contributed by atoms with E-state index in [-0.39, 0.29) is 24.7 Å². The van der Waals surface area contributed by atoms with Crippen molar-refractivity contribution in [3.63, 3.8) is 0 Å². The van der Waals surface area contributed by atoms with Gasteiger partial charge in [0.05, 0.1) is 18.7 Å². The Kier molecular flexibility index (Phi) is 2.41. The van der Waals surface area contributed by atoms with Gasteiger partial charge in [-0.25, -0.2) is 4.39 Å². The predicted molar refractivity (Wildman–Crippen MR) is 52.8 cm³/mol. The molecular formula is C9H7BrFNO2. The van der Waals surface area contributed by atoms with E-state index in [1.165, 1.54) is 6.07 Å². The third-order valence-corrected chi connectivity index (χ3v) is 2.32. The molecule has 0 unspecified atom stereocenters. The smallest absolute Gasteiger partial charge is 0.227 e. The van der Waals surface area contributed by atoms with Crippen molar-refractivity contribution < 1.29 is 13.9 Å².